The fraction of sp³-hybridized carbons (Fsp3) is 1.00. The molecule has 0 rings (SSSR count). The Morgan fingerprint density at radius 1 is 1.31 bits per heavy atom. The van der Waals surface area contributed by atoms with Gasteiger partial charge in [-0.1, -0.05) is 6.92 Å². The van der Waals surface area contributed by atoms with Gasteiger partial charge in [0.25, 0.3) is 0 Å². The number of aliphatic hydroxyl groups is 1. The molecule has 0 saturated carbocycles. The molecule has 0 aliphatic rings. The van der Waals surface area contributed by atoms with Gasteiger partial charge in [0.2, 0.25) is 0 Å². The van der Waals surface area contributed by atoms with Crippen LogP contribution in [0.5, 0.6) is 0 Å². The van der Waals surface area contributed by atoms with Crippen LogP contribution in [0.3, 0.4) is 0 Å². The van der Waals surface area contributed by atoms with Gasteiger partial charge in [-0.25, -0.2) is 0 Å². The molecule has 13 heavy (non-hydrogen) atoms. The molecule has 80 valence electrons. The number of hydrogen-bond donors (Lipinski definition) is 3. The zero-order valence-electron chi connectivity index (χ0n) is 9.14. The average molecular weight is 188 g/mol. The van der Waals surface area contributed by atoms with Gasteiger partial charge in [-0.3, -0.25) is 0 Å². The minimum Gasteiger partial charge on any atom is -0.396 e. The second-order valence-electron chi connectivity index (χ2n) is 3.75. The van der Waals surface area contributed by atoms with Crippen LogP contribution in [0.4, 0.5) is 0 Å². The lowest BCUT2D eigenvalue weighted by atomic mass is 9.97. The van der Waals surface area contributed by atoms with Gasteiger partial charge in [-0.15, -0.1) is 0 Å². The minimum atomic E-state index is 0.320. The third-order valence-corrected chi connectivity index (χ3v) is 2.40. The summed E-state index contributed by atoms with van der Waals surface area (Å²) in [5, 5.41) is 15.1. The van der Waals surface area contributed by atoms with Crippen molar-refractivity contribution in [2.45, 2.75) is 32.2 Å². The zero-order valence-corrected chi connectivity index (χ0v) is 9.14. The zero-order chi connectivity index (χ0) is 10.1. The molecule has 0 aromatic carbocycles. The summed E-state index contributed by atoms with van der Waals surface area (Å²) in [4.78, 5) is 0. The van der Waals surface area contributed by atoms with Gasteiger partial charge in [0, 0.05) is 19.2 Å². The fourth-order valence-corrected chi connectivity index (χ4v) is 1.59. The first-order valence-corrected chi connectivity index (χ1v) is 5.17. The summed E-state index contributed by atoms with van der Waals surface area (Å²) < 4.78 is 0. The van der Waals surface area contributed by atoms with E-state index in [1.807, 2.05) is 14.1 Å². The highest BCUT2D eigenvalue weighted by Crippen LogP contribution is 2.11. The summed E-state index contributed by atoms with van der Waals surface area (Å²) in [6.07, 6.45) is 3.23. The number of likely N-dealkylation sites (N-methyl/N-ethyl adjacent to an activating group) is 2. The van der Waals surface area contributed by atoms with Crippen LogP contribution in [0.2, 0.25) is 0 Å². The third-order valence-electron chi connectivity index (χ3n) is 2.40. The highest BCUT2D eigenvalue weighted by atomic mass is 16.2. The predicted molar refractivity (Wildman–Crippen MR) is 56.9 cm³/mol. The molecule has 0 aliphatic carbocycles. The predicted octanol–water partition coefficient (Wildman–Crippen LogP) is 0.592. The molecule has 0 aromatic rings. The third kappa shape index (κ3) is 6.99. The van der Waals surface area contributed by atoms with E-state index in [9.17, 15) is 0 Å². The molecule has 0 spiro atoms. The molecule has 3 N–H and O–H groups in total. The molecule has 0 fully saturated rings. The molecule has 0 heterocycles. The van der Waals surface area contributed by atoms with E-state index in [0.717, 1.165) is 19.4 Å². The number of nitrogens with one attached hydrogen (secondary N) is 2. The highest BCUT2D eigenvalue weighted by Gasteiger charge is 2.09. The summed E-state index contributed by atoms with van der Waals surface area (Å²) in [5.74, 6) is 0.693. The van der Waals surface area contributed by atoms with E-state index in [0.29, 0.717) is 18.6 Å². The first-order valence-electron chi connectivity index (χ1n) is 5.17. The molecular weight excluding hydrogens is 164 g/mol. The van der Waals surface area contributed by atoms with E-state index in [2.05, 4.69) is 17.6 Å². The molecule has 0 aliphatic heterocycles. The van der Waals surface area contributed by atoms with Gasteiger partial charge in [0.15, 0.2) is 0 Å². The number of aliphatic hydroxyl groups excluding tert-OH is 1. The summed E-state index contributed by atoms with van der Waals surface area (Å²) >= 11 is 0. The van der Waals surface area contributed by atoms with E-state index < -0.39 is 0 Å². The Morgan fingerprint density at radius 2 is 2.00 bits per heavy atom. The van der Waals surface area contributed by atoms with Crippen LogP contribution >= 0.6 is 0 Å². The topological polar surface area (TPSA) is 44.3 Å². The molecule has 0 bridgehead atoms. The van der Waals surface area contributed by atoms with Crippen LogP contribution in [-0.2, 0) is 0 Å². The maximum Gasteiger partial charge on any atom is 0.0431 e. The summed E-state index contributed by atoms with van der Waals surface area (Å²) in [6.45, 7) is 3.58. The van der Waals surface area contributed by atoms with E-state index in [1.54, 1.807) is 0 Å². The van der Waals surface area contributed by atoms with Crippen molar-refractivity contribution in [3.8, 4) is 0 Å². The molecule has 0 radical (unpaired) electrons. The van der Waals surface area contributed by atoms with Crippen molar-refractivity contribution in [3.05, 3.63) is 0 Å². The average Bonchev–Trinajstić information content (AvgIpc) is 2.14. The molecule has 0 amide bonds. The van der Waals surface area contributed by atoms with E-state index >= 15 is 0 Å². The number of rotatable bonds is 8. The molecule has 0 aromatic heterocycles. The van der Waals surface area contributed by atoms with Crippen LogP contribution in [0, 0.1) is 5.92 Å². The van der Waals surface area contributed by atoms with E-state index in [-0.39, 0.29) is 0 Å². The maximum absolute atomic E-state index is 8.68. The number of hydrogen-bond acceptors (Lipinski definition) is 3. The van der Waals surface area contributed by atoms with Crippen molar-refractivity contribution < 1.29 is 5.11 Å². The Hall–Kier alpha value is -0.120. The van der Waals surface area contributed by atoms with Gasteiger partial charge in [-0.2, -0.15) is 0 Å². The van der Waals surface area contributed by atoms with Crippen molar-refractivity contribution >= 4 is 0 Å². The lowest BCUT2D eigenvalue weighted by molar-refractivity contribution is 0.267. The summed E-state index contributed by atoms with van der Waals surface area (Å²) in [6, 6.07) is 0.554. The normalized spacial score (nSPS) is 15.7. The molecule has 2 atom stereocenters. The lowest BCUT2D eigenvalue weighted by Crippen LogP contribution is -2.36. The van der Waals surface area contributed by atoms with Gasteiger partial charge in [0.05, 0.1) is 0 Å². The van der Waals surface area contributed by atoms with Gasteiger partial charge >= 0.3 is 0 Å². The van der Waals surface area contributed by atoms with Gasteiger partial charge in [0.1, 0.15) is 0 Å². The van der Waals surface area contributed by atoms with E-state index in [4.69, 9.17) is 5.11 Å². The smallest absolute Gasteiger partial charge is 0.0431 e. The quantitative estimate of drug-likeness (QED) is 0.522. The first kappa shape index (κ1) is 12.9. The Balaban J connectivity index is 3.53. The van der Waals surface area contributed by atoms with Crippen molar-refractivity contribution in [1.82, 2.24) is 10.6 Å². The molecular formula is C10H24N2O. The van der Waals surface area contributed by atoms with Crippen LogP contribution in [0.25, 0.3) is 0 Å². The minimum absolute atomic E-state index is 0.320. The Morgan fingerprint density at radius 3 is 2.46 bits per heavy atom. The SMILES string of the molecule is CNCC(C[C@H](C)CCCO)NC. The molecule has 0 saturated heterocycles. The first-order chi connectivity index (χ1) is 6.24. The fourth-order valence-electron chi connectivity index (χ4n) is 1.59. The highest BCUT2D eigenvalue weighted by molar-refractivity contribution is 4.69. The standard InChI is InChI=1S/C10H24N2O/c1-9(5-4-6-13)7-10(12-3)8-11-2/h9-13H,4-8H2,1-3H3/t9-,10?/m1/s1. The Labute approximate surface area is 81.9 Å². The summed E-state index contributed by atoms with van der Waals surface area (Å²) in [5.41, 5.74) is 0. The Bertz CT molecular complexity index is 109. The molecule has 3 nitrogen and oxygen atoms in total. The van der Waals surface area contributed by atoms with Gasteiger partial charge in [-0.05, 0) is 39.3 Å². The molecule has 1 unspecified atom stereocenters. The van der Waals surface area contributed by atoms with Crippen LogP contribution in [-0.4, -0.2) is 38.4 Å². The van der Waals surface area contributed by atoms with Crippen molar-refractivity contribution in [2.75, 3.05) is 27.2 Å². The van der Waals surface area contributed by atoms with Crippen molar-refractivity contribution in [2.24, 2.45) is 5.92 Å². The second kappa shape index (κ2) is 8.48. The largest absolute Gasteiger partial charge is 0.396 e. The van der Waals surface area contributed by atoms with Crippen LogP contribution in [0.15, 0.2) is 0 Å². The maximum atomic E-state index is 8.68. The van der Waals surface area contributed by atoms with Crippen molar-refractivity contribution in [1.29, 1.82) is 0 Å². The monoisotopic (exact) mass is 188 g/mol. The van der Waals surface area contributed by atoms with Gasteiger partial charge < -0.3 is 15.7 Å². The van der Waals surface area contributed by atoms with Crippen molar-refractivity contribution in [3.63, 3.8) is 0 Å². The van der Waals surface area contributed by atoms with Crippen LogP contribution < -0.4 is 10.6 Å². The Kier molecular flexibility index (Phi) is 8.40. The van der Waals surface area contributed by atoms with E-state index in [1.165, 1.54) is 6.42 Å². The molecule has 3 heteroatoms. The lowest BCUT2D eigenvalue weighted by Gasteiger charge is -2.19. The summed E-state index contributed by atoms with van der Waals surface area (Å²) in [7, 11) is 3.98. The van der Waals surface area contributed by atoms with Crippen LogP contribution in [0.1, 0.15) is 26.2 Å². The second-order valence-corrected chi connectivity index (χ2v) is 3.75.